The number of thiocarbonyl (C=S) groups is 1. The van der Waals surface area contributed by atoms with Gasteiger partial charge >= 0.3 is 11.7 Å². The van der Waals surface area contributed by atoms with Crippen molar-refractivity contribution in [2.24, 2.45) is 0 Å². The van der Waals surface area contributed by atoms with E-state index in [4.69, 9.17) is 22.1 Å². The number of ether oxygens (including phenoxy) is 1. The number of hydrogen-bond donors (Lipinski definition) is 1. The fourth-order valence-electron chi connectivity index (χ4n) is 3.74. The maximum atomic E-state index is 13.0. The zero-order chi connectivity index (χ0) is 26.5. The lowest BCUT2D eigenvalue weighted by Gasteiger charge is -2.13. The Morgan fingerprint density at radius 1 is 1.27 bits per heavy atom. The second kappa shape index (κ2) is 11.4. The number of aliphatic carboxylic acids is 1. The van der Waals surface area contributed by atoms with Crippen LogP contribution in [0.1, 0.15) is 25.3 Å². The van der Waals surface area contributed by atoms with Gasteiger partial charge in [0.15, 0.2) is 5.75 Å². The third-order valence-electron chi connectivity index (χ3n) is 5.42. The van der Waals surface area contributed by atoms with Crippen molar-refractivity contribution in [3.8, 4) is 22.7 Å². The Morgan fingerprint density at radius 3 is 2.70 bits per heavy atom. The average molecular weight is 539 g/mol. The Bertz CT molecular complexity index is 1400. The number of carboxylic acid groups (broad SMARTS) is 1. The summed E-state index contributed by atoms with van der Waals surface area (Å²) in [5.74, 6) is -1.11. The molecule has 12 heteroatoms. The minimum absolute atomic E-state index is 0.0688. The largest absolute Gasteiger partial charge is 0.487 e. The van der Waals surface area contributed by atoms with Crippen LogP contribution in [0.2, 0.25) is 0 Å². The van der Waals surface area contributed by atoms with Crippen LogP contribution in [0.15, 0.2) is 59.6 Å². The molecule has 1 aliphatic rings. The lowest BCUT2D eigenvalue weighted by Crippen LogP contribution is -2.29. The number of thioether (sulfide) groups is 1. The van der Waals surface area contributed by atoms with Gasteiger partial charge in [-0.15, -0.1) is 0 Å². The molecule has 3 aromatic rings. The molecule has 1 aliphatic heterocycles. The Kier molecular flexibility index (Phi) is 7.99. The number of nitro benzene ring substituents is 1. The van der Waals surface area contributed by atoms with Crippen molar-refractivity contribution in [1.82, 2.24) is 14.7 Å². The van der Waals surface area contributed by atoms with Crippen molar-refractivity contribution in [3.63, 3.8) is 0 Å². The van der Waals surface area contributed by atoms with Gasteiger partial charge in [0.25, 0.3) is 5.91 Å². The molecule has 2 aromatic carbocycles. The van der Waals surface area contributed by atoms with Gasteiger partial charge in [0.1, 0.15) is 10.0 Å². The van der Waals surface area contributed by atoms with Crippen molar-refractivity contribution in [2.45, 2.75) is 19.8 Å². The number of para-hydroxylation sites is 1. The molecule has 10 nitrogen and oxygen atoms in total. The van der Waals surface area contributed by atoms with E-state index in [1.54, 1.807) is 29.9 Å². The molecule has 0 unspecified atom stereocenters. The van der Waals surface area contributed by atoms with Crippen LogP contribution in [0, 0.1) is 10.1 Å². The van der Waals surface area contributed by atoms with Gasteiger partial charge in [0.2, 0.25) is 0 Å². The van der Waals surface area contributed by atoms with Gasteiger partial charge in [-0.3, -0.25) is 24.6 Å². The van der Waals surface area contributed by atoms with Crippen LogP contribution >= 0.6 is 24.0 Å². The van der Waals surface area contributed by atoms with Crippen LogP contribution in [0.4, 0.5) is 5.69 Å². The second-order valence-electron chi connectivity index (χ2n) is 7.92. The van der Waals surface area contributed by atoms with Gasteiger partial charge in [-0.05, 0) is 43.7 Å². The van der Waals surface area contributed by atoms with Crippen LogP contribution in [0.5, 0.6) is 5.75 Å². The number of benzene rings is 2. The van der Waals surface area contributed by atoms with Crippen LogP contribution in [-0.2, 0) is 9.59 Å². The summed E-state index contributed by atoms with van der Waals surface area (Å²) >= 11 is 6.47. The number of amides is 1. The summed E-state index contributed by atoms with van der Waals surface area (Å²) in [5.41, 5.74) is 2.06. The lowest BCUT2D eigenvalue weighted by molar-refractivity contribution is -0.385. The van der Waals surface area contributed by atoms with Crippen molar-refractivity contribution < 1.29 is 24.4 Å². The monoisotopic (exact) mass is 538 g/mol. The standard InChI is InChI=1S/C25H22N4O6S2/c1-2-35-20-11-10-16(13-19(20)29(33)34)23-17(15-28(26-23)18-7-4-3-5-8-18)14-21-24(32)27(25(36)37-21)12-6-9-22(30)31/h3-5,7-8,10-11,13-15H,2,6,9,12H2,1H3,(H,30,31)/b21-14-. The summed E-state index contributed by atoms with van der Waals surface area (Å²) in [6.07, 6.45) is 3.60. The minimum Gasteiger partial charge on any atom is -0.487 e. The molecule has 1 N–H and O–H groups in total. The van der Waals surface area contributed by atoms with Gasteiger partial charge in [0.05, 0.1) is 22.1 Å². The predicted molar refractivity (Wildman–Crippen MR) is 144 cm³/mol. The highest BCUT2D eigenvalue weighted by Crippen LogP contribution is 2.37. The molecule has 0 saturated carbocycles. The van der Waals surface area contributed by atoms with Gasteiger partial charge in [-0.1, -0.05) is 42.2 Å². The van der Waals surface area contributed by atoms with E-state index in [2.05, 4.69) is 5.10 Å². The fraction of sp³-hybridized carbons (Fsp3) is 0.200. The summed E-state index contributed by atoms with van der Waals surface area (Å²) in [6, 6.07) is 13.9. The summed E-state index contributed by atoms with van der Waals surface area (Å²) in [5, 5.41) is 25.3. The molecule has 2 heterocycles. The van der Waals surface area contributed by atoms with Gasteiger partial charge in [-0.2, -0.15) is 5.10 Å². The molecule has 0 aliphatic carbocycles. The topological polar surface area (TPSA) is 128 Å². The van der Waals surface area contributed by atoms with Gasteiger partial charge in [-0.25, -0.2) is 4.68 Å². The van der Waals surface area contributed by atoms with E-state index >= 15 is 0 Å². The third-order valence-corrected chi connectivity index (χ3v) is 6.80. The summed E-state index contributed by atoms with van der Waals surface area (Å²) in [6.45, 7) is 2.23. The van der Waals surface area contributed by atoms with Crippen LogP contribution in [0.25, 0.3) is 23.0 Å². The molecule has 190 valence electrons. The van der Waals surface area contributed by atoms with Gasteiger partial charge in [0, 0.05) is 36.4 Å². The molecule has 0 spiro atoms. The third kappa shape index (κ3) is 5.87. The number of carbonyl (C=O) groups is 2. The van der Waals surface area contributed by atoms with E-state index in [9.17, 15) is 19.7 Å². The summed E-state index contributed by atoms with van der Waals surface area (Å²) in [4.78, 5) is 36.8. The molecule has 0 atom stereocenters. The highest BCUT2D eigenvalue weighted by molar-refractivity contribution is 8.26. The SMILES string of the molecule is CCOc1ccc(-c2nn(-c3ccccc3)cc2/C=C2\SC(=S)N(CCCC(=O)O)C2=O)cc1[N+](=O)[O-]. The average Bonchev–Trinajstić information content (AvgIpc) is 3.41. The number of nitrogens with zero attached hydrogens (tertiary/aromatic N) is 4. The van der Waals surface area contributed by atoms with E-state index in [0.29, 0.717) is 26.0 Å². The van der Waals surface area contributed by atoms with E-state index in [1.807, 2.05) is 30.3 Å². The Balaban J connectivity index is 1.76. The molecule has 1 saturated heterocycles. The fourth-order valence-corrected chi connectivity index (χ4v) is 5.04. The molecule has 1 aromatic heterocycles. The van der Waals surface area contributed by atoms with Crippen molar-refractivity contribution >= 4 is 51.9 Å². The number of rotatable bonds is 10. The van der Waals surface area contributed by atoms with E-state index in [1.165, 1.54) is 17.0 Å². The molecule has 1 fully saturated rings. The Labute approximate surface area is 221 Å². The smallest absolute Gasteiger partial charge is 0.311 e. The van der Waals surface area contributed by atoms with Crippen LogP contribution < -0.4 is 4.74 Å². The highest BCUT2D eigenvalue weighted by Gasteiger charge is 2.32. The van der Waals surface area contributed by atoms with E-state index in [0.717, 1.165) is 17.4 Å². The Hall–Kier alpha value is -4.03. The molecular formula is C25H22N4O6S2. The number of aromatic nitrogens is 2. The maximum absolute atomic E-state index is 13.0. The zero-order valence-electron chi connectivity index (χ0n) is 19.7. The number of carboxylic acids is 1. The van der Waals surface area contributed by atoms with E-state index < -0.39 is 10.9 Å². The quantitative estimate of drug-likeness (QED) is 0.166. The first-order chi connectivity index (χ1) is 17.8. The van der Waals surface area contributed by atoms with E-state index in [-0.39, 0.29) is 43.3 Å². The molecule has 0 bridgehead atoms. The first-order valence-electron chi connectivity index (χ1n) is 11.3. The summed E-state index contributed by atoms with van der Waals surface area (Å²) < 4.78 is 7.38. The predicted octanol–water partition coefficient (Wildman–Crippen LogP) is 4.91. The maximum Gasteiger partial charge on any atom is 0.311 e. The first-order valence-corrected chi connectivity index (χ1v) is 12.5. The number of carbonyl (C=O) groups excluding carboxylic acids is 1. The van der Waals surface area contributed by atoms with Crippen LogP contribution in [-0.4, -0.2) is 54.1 Å². The molecular weight excluding hydrogens is 516 g/mol. The summed E-state index contributed by atoms with van der Waals surface area (Å²) in [7, 11) is 0. The van der Waals surface area contributed by atoms with Crippen LogP contribution in [0.3, 0.4) is 0 Å². The van der Waals surface area contributed by atoms with Crippen molar-refractivity contribution in [2.75, 3.05) is 13.2 Å². The second-order valence-corrected chi connectivity index (χ2v) is 9.59. The number of hydrogen-bond acceptors (Lipinski definition) is 8. The highest BCUT2D eigenvalue weighted by atomic mass is 32.2. The minimum atomic E-state index is -0.941. The van der Waals surface area contributed by atoms with Gasteiger partial charge < -0.3 is 9.84 Å². The lowest BCUT2D eigenvalue weighted by atomic mass is 10.1. The Morgan fingerprint density at radius 2 is 2.03 bits per heavy atom. The zero-order valence-corrected chi connectivity index (χ0v) is 21.3. The molecule has 37 heavy (non-hydrogen) atoms. The normalized spacial score (nSPS) is 14.4. The number of nitro groups is 1. The molecule has 1 amide bonds. The molecule has 0 radical (unpaired) electrons. The van der Waals surface area contributed by atoms with Crippen molar-refractivity contribution in [3.05, 3.63) is 75.3 Å². The first kappa shape index (κ1) is 26.0. The molecule has 4 rings (SSSR count). The van der Waals surface area contributed by atoms with Crippen molar-refractivity contribution in [1.29, 1.82) is 0 Å².